The summed E-state index contributed by atoms with van der Waals surface area (Å²) in [5, 5.41) is 3.00. The number of carbonyl (C=O) groups excluding carboxylic acids is 2. The van der Waals surface area contributed by atoms with E-state index in [-0.39, 0.29) is 36.4 Å². The van der Waals surface area contributed by atoms with Crippen molar-refractivity contribution in [3.05, 3.63) is 35.4 Å². The lowest BCUT2D eigenvalue weighted by atomic mass is 9.79. The Hall–Kier alpha value is -1.67. The normalized spacial score (nSPS) is 23.8. The molecule has 0 bridgehead atoms. The van der Waals surface area contributed by atoms with Crippen LogP contribution >= 0.6 is 12.4 Å². The van der Waals surface area contributed by atoms with Crippen molar-refractivity contribution in [3.63, 3.8) is 0 Å². The molecule has 8 heteroatoms. The Bertz CT molecular complexity index is 682. The lowest BCUT2D eigenvalue weighted by Crippen LogP contribution is -2.49. The van der Waals surface area contributed by atoms with Crippen LogP contribution in [-0.2, 0) is 20.8 Å². The number of hydrogen-bond acceptors (Lipinski definition) is 5. The molecule has 2 heterocycles. The molecule has 0 saturated carbocycles. The molecule has 2 fully saturated rings. The molecule has 3 N–H and O–H groups in total. The summed E-state index contributed by atoms with van der Waals surface area (Å²) in [6.07, 6.45) is 1.39. The first-order valence-corrected chi connectivity index (χ1v) is 10.0. The molecular formula is C21H32ClN3O4. The van der Waals surface area contributed by atoms with Crippen LogP contribution in [0.4, 0.5) is 0 Å². The summed E-state index contributed by atoms with van der Waals surface area (Å²) < 4.78 is 11.1. The van der Waals surface area contributed by atoms with Crippen LogP contribution in [0.5, 0.6) is 0 Å². The van der Waals surface area contributed by atoms with Crippen LogP contribution in [0, 0.1) is 5.41 Å². The minimum atomic E-state index is -0.530. The second-order valence-electron chi connectivity index (χ2n) is 7.94. The van der Waals surface area contributed by atoms with Gasteiger partial charge in [-0.3, -0.25) is 9.59 Å². The summed E-state index contributed by atoms with van der Waals surface area (Å²) in [7, 11) is 0. The fourth-order valence-electron chi connectivity index (χ4n) is 3.95. The summed E-state index contributed by atoms with van der Waals surface area (Å²) in [5.74, 6) is -0.00313. The average molecular weight is 426 g/mol. The van der Waals surface area contributed by atoms with Crippen molar-refractivity contribution < 1.29 is 19.1 Å². The standard InChI is InChI=1S/C21H31N3O4.ClH/c1-15-12-24(13-16(2)28-15)19(25)18-5-3-17(4-6-18)11-23-20(26)21(14-22)7-9-27-10-8-21;/h3-6,15-16H,7-14,22H2,1-2H3,(H,23,26);1H. The van der Waals surface area contributed by atoms with Gasteiger partial charge in [-0.05, 0) is 44.4 Å². The Morgan fingerprint density at radius 1 is 1.14 bits per heavy atom. The SMILES string of the molecule is CC1CN(C(=O)c2ccc(CNC(=O)C3(CN)CCOCC3)cc2)CC(C)O1.Cl. The number of amides is 2. The molecule has 2 aliphatic rings. The highest BCUT2D eigenvalue weighted by Crippen LogP contribution is 2.29. The van der Waals surface area contributed by atoms with Crippen molar-refractivity contribution in [2.45, 2.75) is 45.4 Å². The lowest BCUT2D eigenvalue weighted by Gasteiger charge is -2.35. The lowest BCUT2D eigenvalue weighted by molar-refractivity contribution is -0.136. The third-order valence-corrected chi connectivity index (χ3v) is 5.68. The van der Waals surface area contributed by atoms with Crippen molar-refractivity contribution in [2.75, 3.05) is 32.8 Å². The van der Waals surface area contributed by atoms with Crippen LogP contribution in [-0.4, -0.2) is 61.8 Å². The van der Waals surface area contributed by atoms with Gasteiger partial charge in [-0.1, -0.05) is 12.1 Å². The van der Waals surface area contributed by atoms with Crippen LogP contribution in [0.2, 0.25) is 0 Å². The van der Waals surface area contributed by atoms with Crippen molar-refractivity contribution in [2.24, 2.45) is 11.1 Å². The van der Waals surface area contributed by atoms with E-state index < -0.39 is 5.41 Å². The smallest absolute Gasteiger partial charge is 0.254 e. The van der Waals surface area contributed by atoms with Gasteiger partial charge in [0.1, 0.15) is 0 Å². The van der Waals surface area contributed by atoms with E-state index in [1.54, 1.807) is 0 Å². The Labute approximate surface area is 178 Å². The molecule has 2 atom stereocenters. The van der Waals surface area contributed by atoms with Crippen LogP contribution < -0.4 is 11.1 Å². The molecule has 29 heavy (non-hydrogen) atoms. The first-order valence-electron chi connectivity index (χ1n) is 10.0. The second kappa shape index (κ2) is 10.4. The van der Waals surface area contributed by atoms with Gasteiger partial charge < -0.3 is 25.4 Å². The molecule has 7 nitrogen and oxygen atoms in total. The summed E-state index contributed by atoms with van der Waals surface area (Å²) >= 11 is 0. The number of halogens is 1. The molecule has 0 aromatic heterocycles. The Kier molecular flexibility index (Phi) is 8.46. The molecule has 0 radical (unpaired) electrons. The van der Waals surface area contributed by atoms with Gasteiger partial charge in [-0.25, -0.2) is 0 Å². The third-order valence-electron chi connectivity index (χ3n) is 5.68. The fraction of sp³-hybridized carbons (Fsp3) is 0.619. The third kappa shape index (κ3) is 5.69. The van der Waals surface area contributed by atoms with Crippen LogP contribution in [0.25, 0.3) is 0 Å². The molecule has 162 valence electrons. The van der Waals surface area contributed by atoms with Crippen molar-refractivity contribution in [1.82, 2.24) is 10.2 Å². The zero-order valence-electron chi connectivity index (χ0n) is 17.2. The van der Waals surface area contributed by atoms with E-state index in [1.807, 2.05) is 43.0 Å². The molecular weight excluding hydrogens is 394 g/mol. The van der Waals surface area contributed by atoms with Crippen molar-refractivity contribution in [3.8, 4) is 0 Å². The first kappa shape index (κ1) is 23.6. The topological polar surface area (TPSA) is 93.9 Å². The minimum Gasteiger partial charge on any atom is -0.381 e. The summed E-state index contributed by atoms with van der Waals surface area (Å²) in [6.45, 7) is 7.05. The van der Waals surface area contributed by atoms with E-state index in [0.717, 1.165) is 5.56 Å². The highest BCUT2D eigenvalue weighted by molar-refractivity contribution is 5.94. The maximum atomic E-state index is 12.7. The number of ether oxygens (including phenoxy) is 2. The molecule has 1 aromatic rings. The molecule has 0 spiro atoms. The quantitative estimate of drug-likeness (QED) is 0.749. The molecule has 1 aromatic carbocycles. The average Bonchev–Trinajstić information content (AvgIpc) is 2.71. The predicted octanol–water partition coefficient (Wildman–Crippen LogP) is 1.73. The van der Waals surface area contributed by atoms with Gasteiger partial charge in [0.05, 0.1) is 17.6 Å². The second-order valence-corrected chi connectivity index (χ2v) is 7.94. The van der Waals surface area contributed by atoms with Gasteiger partial charge in [0.2, 0.25) is 5.91 Å². The Balaban J connectivity index is 0.00000300. The number of hydrogen-bond donors (Lipinski definition) is 2. The number of nitrogens with two attached hydrogens (primary N) is 1. The van der Waals surface area contributed by atoms with Gasteiger partial charge in [0.25, 0.3) is 5.91 Å². The van der Waals surface area contributed by atoms with Gasteiger partial charge in [-0.15, -0.1) is 12.4 Å². The van der Waals surface area contributed by atoms with E-state index in [9.17, 15) is 9.59 Å². The van der Waals surface area contributed by atoms with Crippen molar-refractivity contribution >= 4 is 24.2 Å². The first-order chi connectivity index (χ1) is 13.4. The summed E-state index contributed by atoms with van der Waals surface area (Å²) in [6, 6.07) is 7.42. The van der Waals surface area contributed by atoms with Crippen LogP contribution in [0.1, 0.15) is 42.6 Å². The number of morpholine rings is 1. The Morgan fingerprint density at radius 3 is 2.28 bits per heavy atom. The molecule has 2 aliphatic heterocycles. The molecule has 0 aliphatic carbocycles. The maximum Gasteiger partial charge on any atom is 0.254 e. The monoisotopic (exact) mass is 425 g/mol. The van der Waals surface area contributed by atoms with Crippen LogP contribution in [0.3, 0.4) is 0 Å². The number of carbonyl (C=O) groups is 2. The van der Waals surface area contributed by atoms with Crippen molar-refractivity contribution in [1.29, 1.82) is 0 Å². The van der Waals surface area contributed by atoms with E-state index in [0.29, 0.717) is 57.8 Å². The van der Waals surface area contributed by atoms with Crippen LogP contribution in [0.15, 0.2) is 24.3 Å². The summed E-state index contributed by atoms with van der Waals surface area (Å²) in [5.41, 5.74) is 6.96. The highest BCUT2D eigenvalue weighted by atomic mass is 35.5. The summed E-state index contributed by atoms with van der Waals surface area (Å²) in [4.78, 5) is 27.2. The Morgan fingerprint density at radius 2 is 1.72 bits per heavy atom. The number of rotatable bonds is 5. The largest absolute Gasteiger partial charge is 0.381 e. The predicted molar refractivity (Wildman–Crippen MR) is 113 cm³/mol. The zero-order chi connectivity index (χ0) is 20.1. The minimum absolute atomic E-state index is 0. The number of benzene rings is 1. The van der Waals surface area contributed by atoms with Gasteiger partial charge >= 0.3 is 0 Å². The fourth-order valence-corrected chi connectivity index (χ4v) is 3.95. The molecule has 2 unspecified atom stereocenters. The van der Waals surface area contributed by atoms with Gasteiger partial charge in [-0.2, -0.15) is 0 Å². The van der Waals surface area contributed by atoms with E-state index in [1.165, 1.54) is 0 Å². The highest BCUT2D eigenvalue weighted by Gasteiger charge is 2.38. The molecule has 2 amide bonds. The van der Waals surface area contributed by atoms with Gasteiger partial charge in [0, 0.05) is 45.0 Å². The molecule has 3 rings (SSSR count). The maximum absolute atomic E-state index is 12.7. The zero-order valence-corrected chi connectivity index (χ0v) is 18.0. The number of nitrogens with zero attached hydrogens (tertiary/aromatic N) is 1. The number of nitrogens with one attached hydrogen (secondary N) is 1. The molecule has 2 saturated heterocycles. The van der Waals surface area contributed by atoms with E-state index >= 15 is 0 Å². The van der Waals surface area contributed by atoms with E-state index in [4.69, 9.17) is 15.2 Å². The van der Waals surface area contributed by atoms with Gasteiger partial charge in [0.15, 0.2) is 0 Å². The van der Waals surface area contributed by atoms with E-state index in [2.05, 4.69) is 5.32 Å².